The Kier molecular flexibility index (Phi) is 5.10. The molecule has 1 saturated carbocycles. The van der Waals surface area contributed by atoms with Gasteiger partial charge in [-0.1, -0.05) is 20.8 Å². The number of aliphatic hydroxyl groups excluding tert-OH is 1. The van der Waals surface area contributed by atoms with E-state index in [1.165, 1.54) is 13.2 Å². The number of rotatable bonds is 3. The number of ether oxygens (including phenoxy) is 1. The van der Waals surface area contributed by atoms with Gasteiger partial charge in [0, 0.05) is 17.2 Å². The molecule has 0 spiro atoms. The fourth-order valence-corrected chi connectivity index (χ4v) is 3.84. The number of carbonyl (C=O) groups is 1. The van der Waals surface area contributed by atoms with E-state index in [4.69, 9.17) is 4.74 Å². The first-order valence-corrected chi connectivity index (χ1v) is 8.10. The maximum Gasteiger partial charge on any atom is 0.416 e. The average Bonchev–Trinajstić information content (AvgIpc) is 2.43. The van der Waals surface area contributed by atoms with Gasteiger partial charge >= 0.3 is 6.18 Å². The molecule has 25 heavy (non-hydrogen) atoms. The van der Waals surface area contributed by atoms with E-state index in [0.717, 1.165) is 12.1 Å². The summed E-state index contributed by atoms with van der Waals surface area (Å²) < 4.78 is 43.9. The highest BCUT2D eigenvalue weighted by Gasteiger charge is 2.45. The molecule has 1 aromatic carbocycles. The molecular formula is C18H24F3NO3. The summed E-state index contributed by atoms with van der Waals surface area (Å²) in [7, 11) is 1.27. The van der Waals surface area contributed by atoms with E-state index in [-0.39, 0.29) is 23.3 Å². The Morgan fingerprint density at radius 2 is 1.88 bits per heavy atom. The molecule has 1 aliphatic rings. The van der Waals surface area contributed by atoms with Crippen molar-refractivity contribution in [2.45, 2.75) is 52.3 Å². The van der Waals surface area contributed by atoms with Crippen molar-refractivity contribution in [2.24, 2.45) is 10.8 Å². The molecule has 7 heteroatoms. The van der Waals surface area contributed by atoms with Gasteiger partial charge in [-0.15, -0.1) is 0 Å². The van der Waals surface area contributed by atoms with Crippen molar-refractivity contribution in [3.05, 3.63) is 23.8 Å². The number of anilines is 1. The number of nitrogens with one attached hydrogen (secondary N) is 1. The van der Waals surface area contributed by atoms with Gasteiger partial charge in [0.05, 0.1) is 18.8 Å². The highest BCUT2D eigenvalue weighted by molar-refractivity contribution is 5.95. The van der Waals surface area contributed by atoms with E-state index in [1.54, 1.807) is 6.92 Å². The van der Waals surface area contributed by atoms with Crippen LogP contribution >= 0.6 is 0 Å². The van der Waals surface area contributed by atoms with Crippen molar-refractivity contribution in [3.8, 4) is 5.75 Å². The van der Waals surface area contributed by atoms with Gasteiger partial charge in [0.15, 0.2) is 0 Å². The molecule has 1 aromatic rings. The van der Waals surface area contributed by atoms with E-state index in [9.17, 15) is 23.1 Å². The molecule has 2 rings (SSSR count). The Labute approximate surface area is 145 Å². The lowest BCUT2D eigenvalue weighted by Crippen LogP contribution is -2.45. The van der Waals surface area contributed by atoms with Crippen LogP contribution in [0.15, 0.2) is 18.2 Å². The normalized spacial score (nSPS) is 26.2. The summed E-state index contributed by atoms with van der Waals surface area (Å²) in [5.41, 5.74) is -1.95. The highest BCUT2D eigenvalue weighted by Crippen LogP contribution is 2.46. The minimum absolute atomic E-state index is 0.0132. The van der Waals surface area contributed by atoms with E-state index in [1.807, 2.05) is 13.8 Å². The van der Waals surface area contributed by atoms with Crippen molar-refractivity contribution >= 4 is 11.6 Å². The van der Waals surface area contributed by atoms with Gasteiger partial charge in [0.2, 0.25) is 5.91 Å². The summed E-state index contributed by atoms with van der Waals surface area (Å²) in [6, 6.07) is 3.11. The summed E-state index contributed by atoms with van der Waals surface area (Å²) in [5.74, 6) is -0.389. The molecule has 2 atom stereocenters. The molecule has 0 radical (unpaired) electrons. The van der Waals surface area contributed by atoms with Gasteiger partial charge in [-0.25, -0.2) is 0 Å². The van der Waals surface area contributed by atoms with E-state index in [2.05, 4.69) is 5.32 Å². The third-order valence-corrected chi connectivity index (χ3v) is 4.62. The van der Waals surface area contributed by atoms with Crippen LogP contribution < -0.4 is 10.1 Å². The summed E-state index contributed by atoms with van der Waals surface area (Å²) in [5, 5.41) is 12.6. The van der Waals surface area contributed by atoms with Gasteiger partial charge in [-0.3, -0.25) is 4.79 Å². The molecule has 4 nitrogen and oxygen atoms in total. The van der Waals surface area contributed by atoms with Crippen molar-refractivity contribution in [1.82, 2.24) is 0 Å². The largest absolute Gasteiger partial charge is 0.497 e. The Hall–Kier alpha value is -1.76. The minimum atomic E-state index is -4.54. The Morgan fingerprint density at radius 3 is 2.40 bits per heavy atom. The van der Waals surface area contributed by atoms with Gasteiger partial charge in [-0.05, 0) is 36.8 Å². The zero-order valence-electron chi connectivity index (χ0n) is 14.8. The lowest BCUT2D eigenvalue weighted by atomic mass is 9.63. The van der Waals surface area contributed by atoms with Gasteiger partial charge in [0.1, 0.15) is 5.75 Å². The molecular weight excluding hydrogens is 335 g/mol. The first kappa shape index (κ1) is 19.6. The zero-order valence-corrected chi connectivity index (χ0v) is 14.8. The van der Waals surface area contributed by atoms with Crippen LogP contribution in [0.3, 0.4) is 0 Å². The smallest absolute Gasteiger partial charge is 0.416 e. The van der Waals surface area contributed by atoms with Crippen LogP contribution in [0.1, 0.15) is 45.6 Å². The average molecular weight is 359 g/mol. The number of halogens is 3. The van der Waals surface area contributed by atoms with Crippen LogP contribution in [-0.2, 0) is 11.0 Å². The van der Waals surface area contributed by atoms with Crippen molar-refractivity contribution in [1.29, 1.82) is 0 Å². The fraction of sp³-hybridized carbons (Fsp3) is 0.611. The molecule has 0 aliphatic heterocycles. The summed E-state index contributed by atoms with van der Waals surface area (Å²) in [4.78, 5) is 12.7. The molecule has 0 saturated heterocycles. The number of amides is 1. The second kappa shape index (κ2) is 6.52. The quantitative estimate of drug-likeness (QED) is 0.849. The predicted octanol–water partition coefficient (Wildman–Crippen LogP) is 4.23. The second-order valence-corrected chi connectivity index (χ2v) is 7.87. The van der Waals surface area contributed by atoms with E-state index < -0.39 is 29.2 Å². The first-order chi connectivity index (χ1) is 11.3. The van der Waals surface area contributed by atoms with Gasteiger partial charge in [-0.2, -0.15) is 13.2 Å². The number of methoxy groups -OCH3 is 1. The number of carbonyl (C=O) groups excluding carboxylic acids is 1. The molecule has 1 fully saturated rings. The zero-order chi connectivity index (χ0) is 19.0. The van der Waals surface area contributed by atoms with Gasteiger partial charge in [0.25, 0.3) is 0 Å². The lowest BCUT2D eigenvalue weighted by molar-refractivity contribution is -0.137. The predicted molar refractivity (Wildman–Crippen MR) is 88.4 cm³/mol. The van der Waals surface area contributed by atoms with E-state index >= 15 is 0 Å². The molecule has 2 N–H and O–H groups in total. The third kappa shape index (κ3) is 4.66. The monoisotopic (exact) mass is 359 g/mol. The number of aliphatic hydroxyl groups is 1. The van der Waals surface area contributed by atoms with Crippen LogP contribution in [-0.4, -0.2) is 24.2 Å². The minimum Gasteiger partial charge on any atom is -0.497 e. The van der Waals surface area contributed by atoms with Crippen LogP contribution in [0.2, 0.25) is 0 Å². The van der Waals surface area contributed by atoms with Crippen LogP contribution in [0.4, 0.5) is 18.9 Å². The molecule has 0 bridgehead atoms. The number of alkyl halides is 3. The number of benzene rings is 1. The standard InChI is InChI=1S/C18H24F3NO3/c1-16(2)8-13(23)9-17(3,10-16)15(24)22-12-5-11(18(19,20)21)6-14(7-12)25-4/h5-7,13,23H,8-10H2,1-4H3,(H,22,24). The first-order valence-electron chi connectivity index (χ1n) is 8.10. The number of hydrogen-bond donors (Lipinski definition) is 2. The van der Waals surface area contributed by atoms with Crippen molar-refractivity contribution in [3.63, 3.8) is 0 Å². The molecule has 0 aromatic heterocycles. The van der Waals surface area contributed by atoms with Crippen molar-refractivity contribution < 1.29 is 27.8 Å². The van der Waals surface area contributed by atoms with Crippen LogP contribution in [0.25, 0.3) is 0 Å². The molecule has 1 aliphatic carbocycles. The number of hydrogen-bond acceptors (Lipinski definition) is 3. The van der Waals surface area contributed by atoms with E-state index in [0.29, 0.717) is 12.8 Å². The molecule has 2 unspecified atom stereocenters. The third-order valence-electron chi connectivity index (χ3n) is 4.62. The lowest BCUT2D eigenvalue weighted by Gasteiger charge is -2.44. The summed E-state index contributed by atoms with van der Waals surface area (Å²) in [6.07, 6.45) is -3.75. The SMILES string of the molecule is COc1cc(NC(=O)C2(C)CC(O)CC(C)(C)C2)cc(C(F)(F)F)c1. The molecule has 0 heterocycles. The Bertz CT molecular complexity index is 657. The van der Waals surface area contributed by atoms with Crippen molar-refractivity contribution in [2.75, 3.05) is 12.4 Å². The van der Waals surface area contributed by atoms with Crippen LogP contribution in [0, 0.1) is 10.8 Å². The highest BCUT2D eigenvalue weighted by atomic mass is 19.4. The Morgan fingerprint density at radius 1 is 1.24 bits per heavy atom. The molecule has 1 amide bonds. The Balaban J connectivity index is 2.28. The fourth-order valence-electron chi connectivity index (χ4n) is 3.84. The summed E-state index contributed by atoms with van der Waals surface area (Å²) >= 11 is 0. The second-order valence-electron chi connectivity index (χ2n) is 7.87. The van der Waals surface area contributed by atoms with Gasteiger partial charge < -0.3 is 15.2 Å². The van der Waals surface area contributed by atoms with Crippen LogP contribution in [0.5, 0.6) is 5.75 Å². The summed E-state index contributed by atoms with van der Waals surface area (Å²) in [6.45, 7) is 5.67. The molecule has 140 valence electrons. The topological polar surface area (TPSA) is 58.6 Å². The maximum atomic E-state index is 13.0. The maximum absolute atomic E-state index is 13.0.